The van der Waals surface area contributed by atoms with Gasteiger partial charge in [0.25, 0.3) is 0 Å². The minimum atomic E-state index is -0.808. The number of rotatable bonds is 6. The second-order valence-electron chi connectivity index (χ2n) is 7.04. The van der Waals surface area contributed by atoms with Gasteiger partial charge in [0.15, 0.2) is 5.78 Å². The van der Waals surface area contributed by atoms with Crippen LogP contribution in [0.5, 0.6) is 0 Å². The Balaban J connectivity index is 1.70. The number of likely N-dealkylation sites (tertiary alicyclic amines) is 1. The van der Waals surface area contributed by atoms with Crippen molar-refractivity contribution in [2.45, 2.75) is 32.7 Å². The van der Waals surface area contributed by atoms with Crippen LogP contribution < -0.4 is 10.6 Å². The van der Waals surface area contributed by atoms with Gasteiger partial charge in [0.05, 0.1) is 18.0 Å². The molecular weight excluding hydrogens is 358 g/mol. The molecule has 2 amide bonds. The number of carboxylic acid groups (broad SMARTS) is 1. The second-order valence-corrected chi connectivity index (χ2v) is 7.04. The van der Waals surface area contributed by atoms with E-state index in [1.807, 2.05) is 42.2 Å². The normalized spacial score (nSPS) is 19.5. The van der Waals surface area contributed by atoms with Gasteiger partial charge in [-0.25, -0.2) is 4.79 Å². The van der Waals surface area contributed by atoms with Crippen molar-refractivity contribution < 1.29 is 19.5 Å². The smallest absolute Gasteiger partial charge is 0.319 e. The number of ketones is 1. The van der Waals surface area contributed by atoms with E-state index < -0.39 is 11.9 Å². The lowest BCUT2D eigenvalue weighted by atomic mass is 9.96. The molecule has 148 valence electrons. The molecule has 1 aromatic rings. The van der Waals surface area contributed by atoms with Crippen LogP contribution in [0.3, 0.4) is 0 Å². The van der Waals surface area contributed by atoms with E-state index in [4.69, 9.17) is 0 Å². The summed E-state index contributed by atoms with van der Waals surface area (Å²) in [5.41, 5.74) is 3.20. The highest BCUT2D eigenvalue weighted by Crippen LogP contribution is 2.31. The maximum Gasteiger partial charge on any atom is 0.319 e. The molecule has 1 unspecified atom stereocenters. The predicted molar refractivity (Wildman–Crippen MR) is 104 cm³/mol. The van der Waals surface area contributed by atoms with E-state index in [0.717, 1.165) is 16.8 Å². The molecule has 1 heterocycles. The molecule has 1 aliphatic carbocycles. The van der Waals surface area contributed by atoms with Crippen LogP contribution in [-0.2, 0) is 16.1 Å². The van der Waals surface area contributed by atoms with Gasteiger partial charge in [-0.1, -0.05) is 37.3 Å². The fraction of sp³-hybridized carbons (Fsp3) is 0.381. The predicted octanol–water partition coefficient (Wildman–Crippen LogP) is 2.41. The van der Waals surface area contributed by atoms with E-state index in [1.54, 1.807) is 0 Å². The van der Waals surface area contributed by atoms with Gasteiger partial charge in [0.2, 0.25) is 0 Å². The number of nitrogens with zero attached hydrogens (tertiary/aromatic N) is 1. The molecule has 28 heavy (non-hydrogen) atoms. The molecule has 1 aromatic carbocycles. The van der Waals surface area contributed by atoms with Crippen molar-refractivity contribution in [1.29, 1.82) is 0 Å². The van der Waals surface area contributed by atoms with E-state index in [-0.39, 0.29) is 18.2 Å². The third kappa shape index (κ3) is 4.60. The number of carbonyl (C=O) groups is 3. The minimum absolute atomic E-state index is 0.0932. The molecular formula is C21H25N3O4. The van der Waals surface area contributed by atoms with Crippen molar-refractivity contribution in [2.24, 2.45) is 5.92 Å². The summed E-state index contributed by atoms with van der Waals surface area (Å²) in [7, 11) is 0. The van der Waals surface area contributed by atoms with Gasteiger partial charge >= 0.3 is 12.0 Å². The number of benzene rings is 1. The Kier molecular flexibility index (Phi) is 6.13. The second kappa shape index (κ2) is 8.73. The largest absolute Gasteiger partial charge is 0.481 e. The van der Waals surface area contributed by atoms with Gasteiger partial charge in [0, 0.05) is 31.4 Å². The molecule has 0 radical (unpaired) electrons. The van der Waals surface area contributed by atoms with Crippen LogP contribution in [0, 0.1) is 5.92 Å². The molecule has 2 aliphatic rings. The average molecular weight is 383 g/mol. The van der Waals surface area contributed by atoms with Gasteiger partial charge in [-0.05, 0) is 24.0 Å². The summed E-state index contributed by atoms with van der Waals surface area (Å²) in [5.74, 6) is -1.32. The lowest BCUT2D eigenvalue weighted by molar-refractivity contribution is -0.141. The molecule has 1 aliphatic heterocycles. The Morgan fingerprint density at radius 1 is 1.25 bits per heavy atom. The summed E-state index contributed by atoms with van der Waals surface area (Å²) in [6.45, 7) is 3.36. The summed E-state index contributed by atoms with van der Waals surface area (Å²) in [6.07, 6.45) is 2.91. The Morgan fingerprint density at radius 2 is 2.00 bits per heavy atom. The lowest BCUT2D eigenvalue weighted by Gasteiger charge is -2.29. The molecule has 1 fully saturated rings. The van der Waals surface area contributed by atoms with Crippen molar-refractivity contribution in [3.05, 3.63) is 58.9 Å². The molecule has 7 nitrogen and oxygen atoms in total. The maximum atomic E-state index is 12.3. The first-order chi connectivity index (χ1) is 13.5. The highest BCUT2D eigenvalue weighted by atomic mass is 16.4. The van der Waals surface area contributed by atoms with Crippen LogP contribution in [0.15, 0.2) is 53.4 Å². The first-order valence-electron chi connectivity index (χ1n) is 9.51. The van der Waals surface area contributed by atoms with E-state index >= 15 is 0 Å². The van der Waals surface area contributed by atoms with Gasteiger partial charge in [-0.3, -0.25) is 9.59 Å². The van der Waals surface area contributed by atoms with Crippen molar-refractivity contribution >= 4 is 17.8 Å². The van der Waals surface area contributed by atoms with Crippen molar-refractivity contribution in [3.8, 4) is 0 Å². The Morgan fingerprint density at radius 3 is 2.64 bits per heavy atom. The summed E-state index contributed by atoms with van der Waals surface area (Å²) in [4.78, 5) is 37.8. The quantitative estimate of drug-likeness (QED) is 0.701. The average Bonchev–Trinajstić information content (AvgIpc) is 3.17. The molecule has 0 bridgehead atoms. The van der Waals surface area contributed by atoms with Crippen molar-refractivity contribution in [2.75, 3.05) is 13.1 Å². The van der Waals surface area contributed by atoms with Gasteiger partial charge < -0.3 is 20.6 Å². The van der Waals surface area contributed by atoms with Crippen molar-refractivity contribution in [3.63, 3.8) is 0 Å². The molecule has 3 N–H and O–H groups in total. The lowest BCUT2D eigenvalue weighted by Crippen LogP contribution is -2.37. The zero-order chi connectivity index (χ0) is 20.1. The molecule has 0 aromatic heterocycles. The molecule has 7 heteroatoms. The highest BCUT2D eigenvalue weighted by Gasteiger charge is 2.32. The first-order valence-corrected chi connectivity index (χ1v) is 9.51. The fourth-order valence-corrected chi connectivity index (χ4v) is 3.69. The van der Waals surface area contributed by atoms with E-state index in [1.165, 1.54) is 6.08 Å². The SMILES string of the molecule is CCC1=C(N2CCC(C(=O)O)C2)CC(=O)C=C1NC(=O)NCc1ccccc1. The van der Waals surface area contributed by atoms with E-state index in [9.17, 15) is 19.5 Å². The van der Waals surface area contributed by atoms with Gasteiger partial charge in [0.1, 0.15) is 0 Å². The summed E-state index contributed by atoms with van der Waals surface area (Å²) < 4.78 is 0. The third-order valence-electron chi connectivity index (χ3n) is 5.14. The number of hydrogen-bond acceptors (Lipinski definition) is 4. The number of allylic oxidation sites excluding steroid dienone is 3. The van der Waals surface area contributed by atoms with Crippen molar-refractivity contribution in [1.82, 2.24) is 15.5 Å². The van der Waals surface area contributed by atoms with E-state index in [2.05, 4.69) is 10.6 Å². The molecule has 3 rings (SSSR count). The standard InChI is InChI=1S/C21H25N3O4/c1-2-17-18(23-21(28)22-12-14-6-4-3-5-7-14)10-16(25)11-19(17)24-9-8-15(13-24)20(26)27/h3-7,10,15H,2,8-9,11-13H2,1H3,(H,26,27)(H2,22,23,28). The maximum absolute atomic E-state index is 12.3. The zero-order valence-electron chi connectivity index (χ0n) is 15.9. The van der Waals surface area contributed by atoms with Crippen LogP contribution in [0.4, 0.5) is 4.79 Å². The monoisotopic (exact) mass is 383 g/mol. The third-order valence-corrected chi connectivity index (χ3v) is 5.14. The van der Waals surface area contributed by atoms with E-state index in [0.29, 0.717) is 38.2 Å². The Hall–Kier alpha value is -3.09. The number of amides is 2. The molecule has 1 saturated heterocycles. The van der Waals surface area contributed by atoms with Crippen LogP contribution in [0.2, 0.25) is 0 Å². The number of urea groups is 1. The number of nitrogens with one attached hydrogen (secondary N) is 2. The Labute approximate surface area is 164 Å². The topological polar surface area (TPSA) is 98.7 Å². The number of hydrogen-bond donors (Lipinski definition) is 3. The van der Waals surface area contributed by atoms with Gasteiger partial charge in [-0.2, -0.15) is 0 Å². The van der Waals surface area contributed by atoms with Crippen LogP contribution in [0.25, 0.3) is 0 Å². The minimum Gasteiger partial charge on any atom is -0.481 e. The van der Waals surface area contributed by atoms with Crippen LogP contribution >= 0.6 is 0 Å². The summed E-state index contributed by atoms with van der Waals surface area (Å²) in [6, 6.07) is 9.19. The molecule has 0 saturated carbocycles. The Bertz CT molecular complexity index is 829. The van der Waals surface area contributed by atoms with Crippen LogP contribution in [-0.4, -0.2) is 40.9 Å². The number of aliphatic carboxylic acids is 1. The number of carbonyl (C=O) groups excluding carboxylic acids is 2. The first kappa shape index (κ1) is 19.7. The van der Waals surface area contributed by atoms with Crippen LogP contribution in [0.1, 0.15) is 31.7 Å². The zero-order valence-corrected chi connectivity index (χ0v) is 15.9. The summed E-state index contributed by atoms with van der Waals surface area (Å²) >= 11 is 0. The number of carboxylic acids is 1. The molecule has 1 atom stereocenters. The molecule has 0 spiro atoms. The fourth-order valence-electron chi connectivity index (χ4n) is 3.69. The van der Waals surface area contributed by atoms with Gasteiger partial charge in [-0.15, -0.1) is 0 Å². The highest BCUT2D eigenvalue weighted by molar-refractivity contribution is 5.95. The summed E-state index contributed by atoms with van der Waals surface area (Å²) in [5, 5.41) is 14.8.